The van der Waals surface area contributed by atoms with Crippen molar-refractivity contribution in [1.82, 2.24) is 9.78 Å². The maximum Gasteiger partial charge on any atom is 0.191 e. The molecule has 100 valence electrons. The SMILES string of the molecule is CCn1ncc(Br)c1C(=O)C(C)(C)c1ccccc1. The predicted octanol–water partition coefficient (Wildman–Crippen LogP) is 3.83. The third-order valence-electron chi connectivity index (χ3n) is 3.37. The molecule has 0 amide bonds. The van der Waals surface area contributed by atoms with Gasteiger partial charge in [0.15, 0.2) is 5.78 Å². The van der Waals surface area contributed by atoms with Crippen molar-refractivity contribution in [2.24, 2.45) is 0 Å². The van der Waals surface area contributed by atoms with Gasteiger partial charge in [0.25, 0.3) is 0 Å². The second kappa shape index (κ2) is 5.29. The summed E-state index contributed by atoms with van der Waals surface area (Å²) < 4.78 is 2.49. The van der Waals surface area contributed by atoms with Crippen LogP contribution in [0.2, 0.25) is 0 Å². The van der Waals surface area contributed by atoms with Crippen LogP contribution in [0.15, 0.2) is 41.0 Å². The van der Waals surface area contributed by atoms with Crippen molar-refractivity contribution < 1.29 is 4.79 Å². The molecule has 0 aliphatic heterocycles. The van der Waals surface area contributed by atoms with Crippen LogP contribution in [-0.2, 0) is 12.0 Å². The van der Waals surface area contributed by atoms with Gasteiger partial charge in [0.05, 0.1) is 16.1 Å². The summed E-state index contributed by atoms with van der Waals surface area (Å²) in [6.07, 6.45) is 1.68. The largest absolute Gasteiger partial charge is 0.291 e. The Labute approximate surface area is 121 Å². The first-order valence-electron chi connectivity index (χ1n) is 6.30. The van der Waals surface area contributed by atoms with E-state index in [1.54, 1.807) is 10.9 Å². The third kappa shape index (κ3) is 2.50. The lowest BCUT2D eigenvalue weighted by Gasteiger charge is -2.24. The van der Waals surface area contributed by atoms with Gasteiger partial charge in [-0.2, -0.15) is 5.10 Å². The zero-order valence-corrected chi connectivity index (χ0v) is 12.9. The number of carbonyl (C=O) groups is 1. The number of halogens is 1. The van der Waals surface area contributed by atoms with Gasteiger partial charge in [-0.3, -0.25) is 9.48 Å². The molecule has 0 aliphatic rings. The molecule has 4 heteroatoms. The average molecular weight is 321 g/mol. The normalized spacial score (nSPS) is 11.6. The van der Waals surface area contributed by atoms with Crippen molar-refractivity contribution in [3.05, 3.63) is 52.3 Å². The molecule has 0 spiro atoms. The minimum absolute atomic E-state index is 0.0740. The third-order valence-corrected chi connectivity index (χ3v) is 3.95. The van der Waals surface area contributed by atoms with Gasteiger partial charge in [-0.1, -0.05) is 30.3 Å². The Morgan fingerprint density at radius 3 is 2.53 bits per heavy atom. The quantitative estimate of drug-likeness (QED) is 0.802. The number of rotatable bonds is 4. The molecule has 1 aromatic heterocycles. The van der Waals surface area contributed by atoms with E-state index in [-0.39, 0.29) is 5.78 Å². The van der Waals surface area contributed by atoms with E-state index in [0.29, 0.717) is 12.2 Å². The maximum absolute atomic E-state index is 12.8. The first-order chi connectivity index (χ1) is 8.98. The molecule has 0 N–H and O–H groups in total. The van der Waals surface area contributed by atoms with Crippen LogP contribution < -0.4 is 0 Å². The van der Waals surface area contributed by atoms with E-state index in [4.69, 9.17) is 0 Å². The van der Waals surface area contributed by atoms with Crippen molar-refractivity contribution in [3.63, 3.8) is 0 Å². The summed E-state index contributed by atoms with van der Waals surface area (Å²) in [5, 5.41) is 4.21. The van der Waals surface area contributed by atoms with E-state index in [1.165, 1.54) is 0 Å². The highest BCUT2D eigenvalue weighted by atomic mass is 79.9. The minimum Gasteiger partial charge on any atom is -0.291 e. The fourth-order valence-corrected chi connectivity index (χ4v) is 2.59. The van der Waals surface area contributed by atoms with Gasteiger partial charge in [0.2, 0.25) is 0 Å². The zero-order chi connectivity index (χ0) is 14.0. The molecule has 19 heavy (non-hydrogen) atoms. The van der Waals surface area contributed by atoms with Crippen molar-refractivity contribution in [2.75, 3.05) is 0 Å². The van der Waals surface area contributed by atoms with Crippen LogP contribution in [0.3, 0.4) is 0 Å². The molecule has 2 rings (SSSR count). The topological polar surface area (TPSA) is 34.9 Å². The van der Waals surface area contributed by atoms with Gasteiger partial charge in [-0.25, -0.2) is 0 Å². The summed E-state index contributed by atoms with van der Waals surface area (Å²) in [4.78, 5) is 12.8. The van der Waals surface area contributed by atoms with Gasteiger partial charge in [-0.15, -0.1) is 0 Å². The average Bonchev–Trinajstić information content (AvgIpc) is 2.79. The number of aryl methyl sites for hydroxylation is 1. The molecular weight excluding hydrogens is 304 g/mol. The van der Waals surface area contributed by atoms with Crippen molar-refractivity contribution in [2.45, 2.75) is 32.7 Å². The van der Waals surface area contributed by atoms with Gasteiger partial charge in [0, 0.05) is 6.54 Å². The van der Waals surface area contributed by atoms with Crippen LogP contribution in [-0.4, -0.2) is 15.6 Å². The lowest BCUT2D eigenvalue weighted by atomic mass is 9.79. The lowest BCUT2D eigenvalue weighted by molar-refractivity contribution is 0.0897. The molecule has 0 fully saturated rings. The Kier molecular flexibility index (Phi) is 3.90. The fourth-order valence-electron chi connectivity index (χ4n) is 2.11. The molecule has 0 aliphatic carbocycles. The summed E-state index contributed by atoms with van der Waals surface area (Å²) in [6.45, 7) is 6.55. The van der Waals surface area contributed by atoms with Gasteiger partial charge < -0.3 is 0 Å². The fraction of sp³-hybridized carbons (Fsp3) is 0.333. The standard InChI is InChI=1S/C15H17BrN2O/c1-4-18-13(12(16)10-17-18)14(19)15(2,3)11-8-6-5-7-9-11/h5-10H,4H2,1-3H3. The van der Waals surface area contributed by atoms with E-state index in [1.807, 2.05) is 51.1 Å². The molecule has 0 atom stereocenters. The lowest BCUT2D eigenvalue weighted by Crippen LogP contribution is -2.31. The Morgan fingerprint density at radius 2 is 1.95 bits per heavy atom. The summed E-state index contributed by atoms with van der Waals surface area (Å²) in [5.74, 6) is 0.0740. The highest BCUT2D eigenvalue weighted by molar-refractivity contribution is 9.10. The Balaban J connectivity index is 2.46. The summed E-state index contributed by atoms with van der Waals surface area (Å²) in [6, 6.07) is 9.83. The number of benzene rings is 1. The van der Waals surface area contributed by atoms with Crippen LogP contribution in [0.1, 0.15) is 36.8 Å². The second-order valence-electron chi connectivity index (χ2n) is 4.98. The number of carbonyl (C=O) groups excluding carboxylic acids is 1. The predicted molar refractivity (Wildman–Crippen MR) is 79.4 cm³/mol. The van der Waals surface area contributed by atoms with Gasteiger partial charge >= 0.3 is 0 Å². The minimum atomic E-state index is -0.573. The van der Waals surface area contributed by atoms with E-state index in [9.17, 15) is 4.79 Å². The highest BCUT2D eigenvalue weighted by Gasteiger charge is 2.33. The van der Waals surface area contributed by atoms with Crippen LogP contribution in [0.4, 0.5) is 0 Å². The number of ketones is 1. The first-order valence-corrected chi connectivity index (χ1v) is 7.09. The van der Waals surface area contributed by atoms with Crippen LogP contribution in [0.25, 0.3) is 0 Å². The molecule has 1 aromatic carbocycles. The molecule has 1 heterocycles. The molecule has 3 nitrogen and oxygen atoms in total. The summed E-state index contributed by atoms with van der Waals surface area (Å²) >= 11 is 3.42. The van der Waals surface area contributed by atoms with Crippen LogP contribution in [0.5, 0.6) is 0 Å². The molecular formula is C15H17BrN2O. The second-order valence-corrected chi connectivity index (χ2v) is 5.83. The molecule has 0 unspecified atom stereocenters. The van der Waals surface area contributed by atoms with Crippen LogP contribution >= 0.6 is 15.9 Å². The van der Waals surface area contributed by atoms with Crippen molar-refractivity contribution >= 4 is 21.7 Å². The zero-order valence-electron chi connectivity index (χ0n) is 11.4. The number of nitrogens with zero attached hydrogens (tertiary/aromatic N) is 2. The van der Waals surface area contributed by atoms with E-state index >= 15 is 0 Å². The summed E-state index contributed by atoms with van der Waals surface area (Å²) in [5.41, 5.74) is 1.07. The van der Waals surface area contributed by atoms with Crippen molar-refractivity contribution in [3.8, 4) is 0 Å². The van der Waals surface area contributed by atoms with Crippen LogP contribution in [0, 0.1) is 0 Å². The number of hydrogen-bond acceptors (Lipinski definition) is 2. The number of hydrogen-bond donors (Lipinski definition) is 0. The maximum atomic E-state index is 12.8. The number of aromatic nitrogens is 2. The smallest absolute Gasteiger partial charge is 0.191 e. The molecule has 0 bridgehead atoms. The summed E-state index contributed by atoms with van der Waals surface area (Å²) in [7, 11) is 0. The molecule has 2 aromatic rings. The van der Waals surface area contributed by atoms with E-state index in [0.717, 1.165) is 10.0 Å². The first kappa shape index (κ1) is 14.0. The molecule has 0 saturated heterocycles. The highest BCUT2D eigenvalue weighted by Crippen LogP contribution is 2.30. The van der Waals surface area contributed by atoms with Crippen molar-refractivity contribution in [1.29, 1.82) is 0 Å². The van der Waals surface area contributed by atoms with Gasteiger partial charge in [-0.05, 0) is 42.3 Å². The van der Waals surface area contributed by atoms with E-state index < -0.39 is 5.41 Å². The Morgan fingerprint density at radius 1 is 1.32 bits per heavy atom. The number of Topliss-reactive ketones (excluding diaryl/α,β-unsaturated/α-hetero) is 1. The monoisotopic (exact) mass is 320 g/mol. The Hall–Kier alpha value is -1.42. The Bertz CT molecular complexity index is 587. The molecule has 0 radical (unpaired) electrons. The van der Waals surface area contributed by atoms with E-state index in [2.05, 4.69) is 21.0 Å². The molecule has 0 saturated carbocycles. The van der Waals surface area contributed by atoms with Gasteiger partial charge in [0.1, 0.15) is 5.69 Å².